The fourth-order valence-corrected chi connectivity index (χ4v) is 3.57. The number of rotatable bonds is 7. The predicted octanol–water partition coefficient (Wildman–Crippen LogP) is 3.30. The van der Waals surface area contributed by atoms with Crippen LogP contribution in [0.5, 0.6) is 5.75 Å². The van der Waals surface area contributed by atoms with Crippen molar-refractivity contribution in [3.63, 3.8) is 0 Å². The molecular formula is C17H20N2O4S. The van der Waals surface area contributed by atoms with Crippen LogP contribution in [0.2, 0.25) is 0 Å². The number of hydrogen-bond donors (Lipinski definition) is 0. The maximum atomic E-state index is 11.7. The van der Waals surface area contributed by atoms with Crippen molar-refractivity contribution in [2.45, 2.75) is 12.8 Å². The number of nitroso groups, excluding NO2 is 1. The number of amides is 1. The van der Waals surface area contributed by atoms with Crippen molar-refractivity contribution in [3.8, 4) is 5.75 Å². The molecule has 0 aliphatic carbocycles. The Labute approximate surface area is 144 Å². The minimum Gasteiger partial charge on any atom is -0.493 e. The van der Waals surface area contributed by atoms with Crippen molar-refractivity contribution in [1.29, 1.82) is 0 Å². The molecule has 7 heteroatoms. The molecule has 1 amide bonds. The first-order valence-electron chi connectivity index (χ1n) is 8.10. The Balaban J connectivity index is 1.55. The lowest BCUT2D eigenvalue weighted by atomic mass is 10.1. The van der Waals surface area contributed by atoms with E-state index in [-0.39, 0.29) is 5.56 Å². The molecule has 0 unspecified atom stereocenters. The van der Waals surface area contributed by atoms with E-state index in [0.717, 1.165) is 55.8 Å². The topological polar surface area (TPSA) is 68.2 Å². The largest absolute Gasteiger partial charge is 0.493 e. The Hall–Kier alpha value is -1.83. The van der Waals surface area contributed by atoms with Gasteiger partial charge in [-0.2, -0.15) is 0 Å². The second-order valence-electron chi connectivity index (χ2n) is 5.71. The molecule has 1 aliphatic rings. The van der Waals surface area contributed by atoms with Crippen LogP contribution in [0, 0.1) is 4.91 Å². The van der Waals surface area contributed by atoms with Gasteiger partial charge in [0, 0.05) is 23.0 Å². The molecule has 6 nitrogen and oxygen atoms in total. The molecule has 3 rings (SSSR count). The fourth-order valence-electron chi connectivity index (χ4n) is 2.77. The van der Waals surface area contributed by atoms with Gasteiger partial charge in [0.15, 0.2) is 0 Å². The third-order valence-corrected chi connectivity index (χ3v) is 4.98. The Bertz CT molecular complexity index is 710. The maximum Gasteiger partial charge on any atom is 0.320 e. The molecule has 1 aromatic heterocycles. The number of carbonyl (C=O) groups excluding carboxylic acids is 1. The van der Waals surface area contributed by atoms with Crippen molar-refractivity contribution in [2.24, 2.45) is 5.18 Å². The summed E-state index contributed by atoms with van der Waals surface area (Å²) in [6.45, 7) is 5.13. The van der Waals surface area contributed by atoms with Crippen LogP contribution in [0.4, 0.5) is 0 Å². The fraction of sp³-hybridized carbons (Fsp3) is 0.471. The van der Waals surface area contributed by atoms with E-state index in [4.69, 9.17) is 9.47 Å². The highest BCUT2D eigenvalue weighted by molar-refractivity contribution is 7.17. The normalized spacial score (nSPS) is 15.5. The Kier molecular flexibility index (Phi) is 5.90. The summed E-state index contributed by atoms with van der Waals surface area (Å²) in [5, 5.41) is 5.40. The zero-order chi connectivity index (χ0) is 16.8. The lowest BCUT2D eigenvalue weighted by Crippen LogP contribution is -2.36. The van der Waals surface area contributed by atoms with Gasteiger partial charge in [-0.3, -0.25) is 9.69 Å². The molecule has 0 atom stereocenters. The van der Waals surface area contributed by atoms with Gasteiger partial charge in [0.05, 0.1) is 25.4 Å². The van der Waals surface area contributed by atoms with E-state index in [9.17, 15) is 9.70 Å². The van der Waals surface area contributed by atoms with Gasteiger partial charge in [-0.1, -0.05) is 0 Å². The molecule has 2 aromatic rings. The number of thiophene rings is 1. The highest BCUT2D eigenvalue weighted by atomic mass is 32.1. The van der Waals surface area contributed by atoms with Gasteiger partial charge in [-0.15, -0.1) is 16.2 Å². The third-order valence-electron chi connectivity index (χ3n) is 4.10. The van der Waals surface area contributed by atoms with E-state index in [1.165, 1.54) is 0 Å². The zero-order valence-electron chi connectivity index (χ0n) is 13.4. The molecule has 128 valence electrons. The minimum atomic E-state index is -0.786. The molecule has 24 heavy (non-hydrogen) atoms. The molecule has 1 aromatic carbocycles. The van der Waals surface area contributed by atoms with Crippen LogP contribution < -0.4 is 4.74 Å². The summed E-state index contributed by atoms with van der Waals surface area (Å²) in [5.41, 5.74) is 0.240. The molecule has 0 radical (unpaired) electrons. The lowest BCUT2D eigenvalue weighted by molar-refractivity contribution is 0.0368. The summed E-state index contributed by atoms with van der Waals surface area (Å²) in [7, 11) is 0. The molecule has 1 fully saturated rings. The number of benzene rings is 1. The molecule has 0 spiro atoms. The van der Waals surface area contributed by atoms with Crippen LogP contribution in [-0.4, -0.2) is 50.3 Å². The number of nitrogens with zero attached hydrogens (tertiary/aromatic N) is 2. The number of unbranched alkanes of at least 4 members (excludes halogenated alkanes) is 1. The van der Waals surface area contributed by atoms with Crippen molar-refractivity contribution in [3.05, 3.63) is 34.0 Å². The Morgan fingerprint density at radius 2 is 2.12 bits per heavy atom. The van der Waals surface area contributed by atoms with Crippen molar-refractivity contribution in [1.82, 2.24) is 4.90 Å². The van der Waals surface area contributed by atoms with Gasteiger partial charge >= 0.3 is 5.91 Å². The second kappa shape index (κ2) is 8.32. The summed E-state index contributed by atoms with van der Waals surface area (Å²) >= 11 is 1.57. The Morgan fingerprint density at radius 3 is 2.92 bits per heavy atom. The van der Waals surface area contributed by atoms with Gasteiger partial charge in [0.2, 0.25) is 0 Å². The summed E-state index contributed by atoms with van der Waals surface area (Å²) in [6, 6.07) is 5.41. The van der Waals surface area contributed by atoms with Crippen LogP contribution in [0.3, 0.4) is 0 Å². The number of carbonyl (C=O) groups is 1. The SMILES string of the molecule is O=NC(=O)c1cc2ccsc2cc1OCCCCN1CCOCC1. The van der Waals surface area contributed by atoms with Crippen molar-refractivity contribution in [2.75, 3.05) is 39.5 Å². The van der Waals surface area contributed by atoms with E-state index in [1.54, 1.807) is 17.4 Å². The van der Waals surface area contributed by atoms with E-state index in [2.05, 4.69) is 10.1 Å². The van der Waals surface area contributed by atoms with E-state index in [0.29, 0.717) is 12.4 Å². The number of ether oxygens (including phenoxy) is 2. The molecular weight excluding hydrogens is 328 g/mol. The number of fused-ring (bicyclic) bond motifs is 1. The standard InChI is InChI=1S/C17H20N2O4S/c20-17(18-21)14-11-13-3-10-24-16(13)12-15(14)23-7-2-1-4-19-5-8-22-9-6-19/h3,10-12H,1-2,4-9H2. The number of morpholine rings is 1. The van der Waals surface area contributed by atoms with Crippen molar-refractivity contribution >= 4 is 27.3 Å². The van der Waals surface area contributed by atoms with Crippen LogP contribution in [0.25, 0.3) is 10.1 Å². The first-order chi connectivity index (χ1) is 11.8. The summed E-state index contributed by atoms with van der Waals surface area (Å²) < 4.78 is 12.1. The van der Waals surface area contributed by atoms with Crippen LogP contribution in [0.15, 0.2) is 28.8 Å². The van der Waals surface area contributed by atoms with Gasteiger partial charge < -0.3 is 9.47 Å². The summed E-state index contributed by atoms with van der Waals surface area (Å²) in [5.74, 6) is -0.340. The lowest BCUT2D eigenvalue weighted by Gasteiger charge is -2.26. The van der Waals surface area contributed by atoms with E-state index < -0.39 is 5.91 Å². The van der Waals surface area contributed by atoms with Gasteiger partial charge in [0.25, 0.3) is 0 Å². The molecule has 0 bridgehead atoms. The number of hydrogen-bond acceptors (Lipinski definition) is 6. The van der Waals surface area contributed by atoms with Gasteiger partial charge in [0.1, 0.15) is 5.75 Å². The highest BCUT2D eigenvalue weighted by Gasteiger charge is 2.15. The predicted molar refractivity (Wildman–Crippen MR) is 93.9 cm³/mol. The molecule has 1 saturated heterocycles. The summed E-state index contributed by atoms with van der Waals surface area (Å²) in [4.78, 5) is 24.7. The van der Waals surface area contributed by atoms with Crippen LogP contribution in [0.1, 0.15) is 23.2 Å². The highest BCUT2D eigenvalue weighted by Crippen LogP contribution is 2.30. The third kappa shape index (κ3) is 4.17. The molecule has 0 N–H and O–H groups in total. The Morgan fingerprint density at radius 1 is 1.29 bits per heavy atom. The first-order valence-corrected chi connectivity index (χ1v) is 8.98. The van der Waals surface area contributed by atoms with E-state index >= 15 is 0 Å². The second-order valence-corrected chi connectivity index (χ2v) is 6.66. The summed E-state index contributed by atoms with van der Waals surface area (Å²) in [6.07, 6.45) is 1.92. The maximum absolute atomic E-state index is 11.7. The van der Waals surface area contributed by atoms with Gasteiger partial charge in [-0.25, -0.2) is 0 Å². The van der Waals surface area contributed by atoms with E-state index in [1.807, 2.05) is 17.5 Å². The average molecular weight is 348 g/mol. The zero-order valence-corrected chi connectivity index (χ0v) is 14.2. The first kappa shape index (κ1) is 17.0. The molecule has 1 aliphatic heterocycles. The monoisotopic (exact) mass is 348 g/mol. The minimum absolute atomic E-state index is 0.240. The smallest absolute Gasteiger partial charge is 0.320 e. The quantitative estimate of drug-likeness (QED) is 0.567. The van der Waals surface area contributed by atoms with Crippen LogP contribution >= 0.6 is 11.3 Å². The average Bonchev–Trinajstić information content (AvgIpc) is 3.08. The van der Waals surface area contributed by atoms with Crippen molar-refractivity contribution < 1.29 is 14.3 Å². The molecule has 0 saturated carbocycles. The molecule has 2 heterocycles. The van der Waals surface area contributed by atoms with Crippen LogP contribution in [-0.2, 0) is 4.74 Å². The van der Waals surface area contributed by atoms with Gasteiger partial charge in [-0.05, 0) is 48.4 Å².